The van der Waals surface area contributed by atoms with Crippen LogP contribution in [-0.4, -0.2) is 111 Å². The van der Waals surface area contributed by atoms with E-state index in [1.807, 2.05) is 41.5 Å². The number of hydrogen-bond acceptors (Lipinski definition) is 15. The highest BCUT2D eigenvalue weighted by Crippen LogP contribution is 2.50. The van der Waals surface area contributed by atoms with E-state index in [4.69, 9.17) is 59.1 Å². The molecule has 30 heteroatoms. The minimum Gasteiger partial charge on any atom is -0.447 e. The van der Waals surface area contributed by atoms with Gasteiger partial charge in [-0.15, -0.1) is 0 Å². The Kier molecular flexibility index (Phi) is 18.4. The molecule has 0 saturated heterocycles. The first-order valence-corrected chi connectivity index (χ1v) is 32.2. The fraction of sp³-hybridized carbons (Fsp3) is 0.368. The molecule has 2 aliphatic heterocycles. The summed E-state index contributed by atoms with van der Waals surface area (Å²) in [6.07, 6.45) is 8.64. The summed E-state index contributed by atoms with van der Waals surface area (Å²) in [6, 6.07) is 16.7. The van der Waals surface area contributed by atoms with Crippen molar-refractivity contribution < 1.29 is 55.0 Å². The number of nitrogens with zero attached hydrogens (tertiary/aromatic N) is 11. The number of benzene rings is 4. The average molecular weight is 1390 g/mol. The van der Waals surface area contributed by atoms with Crippen LogP contribution in [0.4, 0.5) is 35.9 Å². The standard InChI is InChI=1S/C68H68Cl2F6N16O6/c1-35-40(19-20-79-55(35)45-21-38(9-17-49(45)69)53(30-97-63(95)84-43-11-12-43)91-57(93)67(86-61(91)77,32-65(2,3)4)47-15-7-36(23-51(47)71)41-26-82-89(28-41)59(73)74)25-66(5,6)33-68(48-16-8-37(24-52(48)72)42-27-83-90(29-42)60(75)76)58(94)92(62(78)87-68)54(31-98-64(96)85-44-13-14-44)39-10-18-50(70)46(22-39)56-80-34-81-88-56/h7-10,15-24,26-29,34,43-44,53-54,59-60H,11-14,25,30-33H2,1-6H3,(H2,77,86)(H2,78,87)(H,84,95)(H,85,96)(H,80,81,88)/t53-,54-,67-,68-/m1/s1. The number of hydrogen-bond donors (Lipinski definition) is 5. The van der Waals surface area contributed by atoms with Crippen LogP contribution >= 0.6 is 23.2 Å². The molecule has 4 amide bonds. The van der Waals surface area contributed by atoms with Gasteiger partial charge in [0, 0.05) is 69.1 Å². The molecule has 2 fully saturated rings. The van der Waals surface area contributed by atoms with Crippen molar-refractivity contribution in [2.24, 2.45) is 32.3 Å². The number of amides is 4. The second-order valence-corrected chi connectivity index (χ2v) is 27.8. The first-order valence-electron chi connectivity index (χ1n) is 31.4. The number of nitrogens with one attached hydrogen (secondary N) is 3. The summed E-state index contributed by atoms with van der Waals surface area (Å²) in [5.41, 5.74) is 11.4. The van der Waals surface area contributed by atoms with Gasteiger partial charge in [0.25, 0.3) is 11.8 Å². The number of guanidine groups is 2. The Hall–Kier alpha value is -9.83. The Morgan fingerprint density at radius 3 is 1.58 bits per heavy atom. The summed E-state index contributed by atoms with van der Waals surface area (Å²) >= 11 is 13.9. The number of carbonyl (C=O) groups excluding carboxylic acids is 4. The Morgan fingerprint density at radius 1 is 0.663 bits per heavy atom. The molecular weight excluding hydrogens is 1320 g/mol. The quantitative estimate of drug-likeness (QED) is 0.0373. The fourth-order valence-corrected chi connectivity index (χ4v) is 13.3. The van der Waals surface area contributed by atoms with E-state index >= 15 is 18.4 Å². The summed E-state index contributed by atoms with van der Waals surface area (Å²) in [5, 5.41) is 20.2. The molecule has 12 rings (SSSR count). The first-order chi connectivity index (χ1) is 46.5. The van der Waals surface area contributed by atoms with Crippen LogP contribution in [0, 0.1) is 29.4 Å². The third-order valence-corrected chi connectivity index (χ3v) is 18.4. The molecule has 8 aromatic rings. The lowest BCUT2D eigenvalue weighted by molar-refractivity contribution is -0.135. The molecular formula is C68H68Cl2F6N16O6. The number of rotatable bonds is 23. The third kappa shape index (κ3) is 13.9. The zero-order chi connectivity index (χ0) is 69.9. The number of halogens is 8. The molecule has 0 unspecified atom stereocenters. The van der Waals surface area contributed by atoms with Crippen LogP contribution in [0.25, 0.3) is 44.9 Å². The normalized spacial score (nSPS) is 18.7. The summed E-state index contributed by atoms with van der Waals surface area (Å²) < 4.78 is 102. The van der Waals surface area contributed by atoms with Crippen molar-refractivity contribution in [3.63, 3.8) is 0 Å². The highest BCUT2D eigenvalue weighted by atomic mass is 35.5. The summed E-state index contributed by atoms with van der Waals surface area (Å²) in [5.74, 6) is -3.74. The van der Waals surface area contributed by atoms with Crippen LogP contribution < -0.4 is 22.1 Å². The predicted octanol–water partition coefficient (Wildman–Crippen LogP) is 13.0. The molecule has 6 heterocycles. The monoisotopic (exact) mass is 1390 g/mol. The number of H-pyrrole nitrogens is 1. The van der Waals surface area contributed by atoms with Crippen molar-refractivity contribution >= 4 is 59.1 Å². The van der Waals surface area contributed by atoms with E-state index in [2.05, 4.69) is 36.0 Å². The van der Waals surface area contributed by atoms with Gasteiger partial charge in [-0.1, -0.05) is 94.2 Å². The van der Waals surface area contributed by atoms with E-state index in [-0.39, 0.29) is 92.5 Å². The average Bonchev–Trinajstić information content (AvgIpc) is 1.58. The topological polar surface area (TPSA) is 284 Å². The van der Waals surface area contributed by atoms with Crippen molar-refractivity contribution in [1.29, 1.82) is 0 Å². The minimum absolute atomic E-state index is 0.0674. The van der Waals surface area contributed by atoms with Gasteiger partial charge in [-0.3, -0.25) is 29.5 Å². The van der Waals surface area contributed by atoms with Gasteiger partial charge < -0.3 is 31.6 Å². The molecule has 0 radical (unpaired) electrons. The van der Waals surface area contributed by atoms with Gasteiger partial charge in [-0.2, -0.15) is 32.9 Å². The van der Waals surface area contributed by atoms with Crippen molar-refractivity contribution in [2.45, 2.75) is 135 Å². The van der Waals surface area contributed by atoms with Gasteiger partial charge in [0.05, 0.1) is 35.2 Å². The molecule has 4 atom stereocenters. The number of nitrogens with two attached hydrogens (primary N) is 2. The number of carbonyl (C=O) groups is 4. The summed E-state index contributed by atoms with van der Waals surface area (Å²) in [7, 11) is 0. The smallest absolute Gasteiger partial charge is 0.407 e. The van der Waals surface area contributed by atoms with Gasteiger partial charge >= 0.3 is 25.3 Å². The number of alkyl halides is 4. The van der Waals surface area contributed by atoms with Gasteiger partial charge in [0.2, 0.25) is 0 Å². The molecule has 0 spiro atoms. The van der Waals surface area contributed by atoms with E-state index in [9.17, 15) is 27.2 Å². The SMILES string of the molecule is Cc1c(CC(C)(C)C[C@]2(c3ccc(-c4cnn(C(F)F)c4)cc3F)N=C(N)N([C@H](COC(=O)NC3CC3)c3ccc(Cl)c(-c4ncn[nH]4)c3)C2=O)ccnc1-c1cc([C@@H](COC(=O)NC2CC2)N2C(=O)[C@@](CC(C)(C)C)(c3ccc(-c4cnn(C(F)F)c4)cc3F)N=C2N)ccc1Cl. The molecule has 0 bridgehead atoms. The number of alkyl carbamates (subject to hydrolysis) is 2. The number of aromatic nitrogens is 8. The summed E-state index contributed by atoms with van der Waals surface area (Å²) in [4.78, 5) is 79.5. The zero-order valence-electron chi connectivity index (χ0n) is 53.8. The lowest BCUT2D eigenvalue weighted by Crippen LogP contribution is -2.48. The van der Waals surface area contributed by atoms with Gasteiger partial charge in [-0.05, 0) is 139 Å². The van der Waals surface area contributed by atoms with Gasteiger partial charge in [0.1, 0.15) is 31.2 Å². The Labute approximate surface area is 568 Å². The zero-order valence-corrected chi connectivity index (χ0v) is 55.4. The molecule has 2 saturated carbocycles. The Bertz CT molecular complexity index is 4480. The van der Waals surface area contributed by atoms with Gasteiger partial charge in [-0.25, -0.2) is 42.7 Å². The van der Waals surface area contributed by atoms with Crippen LogP contribution in [0.3, 0.4) is 0 Å². The minimum atomic E-state index is -2.98. The van der Waals surface area contributed by atoms with Crippen molar-refractivity contribution in [1.82, 2.24) is 60.2 Å². The Morgan fingerprint density at radius 2 is 1.14 bits per heavy atom. The predicted molar refractivity (Wildman–Crippen MR) is 351 cm³/mol. The molecule has 98 heavy (non-hydrogen) atoms. The van der Waals surface area contributed by atoms with Crippen LogP contribution in [-0.2, 0) is 36.6 Å². The summed E-state index contributed by atoms with van der Waals surface area (Å²) in [6.45, 7) is 4.20. The fourth-order valence-electron chi connectivity index (χ4n) is 12.9. The molecule has 2 aliphatic carbocycles. The lowest BCUT2D eigenvalue weighted by Gasteiger charge is -2.37. The van der Waals surface area contributed by atoms with E-state index in [0.717, 1.165) is 61.3 Å². The van der Waals surface area contributed by atoms with E-state index in [1.165, 1.54) is 41.7 Å². The number of pyridine rings is 1. The molecule has 512 valence electrons. The molecule has 7 N–H and O–H groups in total. The van der Waals surface area contributed by atoms with Gasteiger partial charge in [0.15, 0.2) is 28.8 Å². The number of ether oxygens (including phenoxy) is 2. The second kappa shape index (κ2) is 26.5. The maximum absolute atomic E-state index is 17.5. The second-order valence-electron chi connectivity index (χ2n) is 27.0. The van der Waals surface area contributed by atoms with Crippen LogP contribution in [0.5, 0.6) is 0 Å². The maximum atomic E-state index is 17.5. The van der Waals surface area contributed by atoms with Crippen molar-refractivity contribution in [2.75, 3.05) is 13.2 Å². The first kappa shape index (κ1) is 68.1. The highest BCUT2D eigenvalue weighted by molar-refractivity contribution is 6.33. The lowest BCUT2D eigenvalue weighted by atomic mass is 9.71. The van der Waals surface area contributed by atoms with E-state index in [1.54, 1.807) is 48.7 Å². The number of aliphatic imine (C=N–C) groups is 2. The highest BCUT2D eigenvalue weighted by Gasteiger charge is 2.57. The number of aromatic amines is 1. The molecule has 4 aromatic carbocycles. The largest absolute Gasteiger partial charge is 0.447 e. The van der Waals surface area contributed by atoms with Crippen molar-refractivity contribution in [3.05, 3.63) is 171 Å². The van der Waals surface area contributed by atoms with E-state index in [0.29, 0.717) is 48.4 Å². The molecule has 4 aromatic heterocycles. The third-order valence-electron chi connectivity index (χ3n) is 17.7. The van der Waals surface area contributed by atoms with Crippen LogP contribution in [0.2, 0.25) is 10.0 Å². The molecule has 22 nitrogen and oxygen atoms in total. The van der Waals surface area contributed by atoms with E-state index < -0.39 is 95.9 Å². The Balaban J connectivity index is 0.897. The maximum Gasteiger partial charge on any atom is 0.407 e. The van der Waals surface area contributed by atoms with Crippen LogP contribution in [0.15, 0.2) is 126 Å². The van der Waals surface area contributed by atoms with Crippen molar-refractivity contribution in [3.8, 4) is 44.9 Å². The molecule has 4 aliphatic rings. The van der Waals surface area contributed by atoms with Crippen LogP contribution in [0.1, 0.15) is 132 Å².